The zero-order chi connectivity index (χ0) is 11.7. The fraction of sp³-hybridized carbons (Fsp3) is 0.500. The van der Waals surface area contributed by atoms with Crippen molar-refractivity contribution in [2.75, 3.05) is 6.54 Å². The largest absolute Gasteiger partial charge is 0.350 e. The van der Waals surface area contributed by atoms with Crippen LogP contribution in [0.3, 0.4) is 0 Å². The van der Waals surface area contributed by atoms with Crippen LogP contribution >= 0.6 is 46.1 Å². The number of hydrogen-bond acceptors (Lipinski definition) is 2. The maximum atomic E-state index is 11.7. The Bertz CT molecular complexity index is 403. The van der Waals surface area contributed by atoms with E-state index in [9.17, 15) is 4.79 Å². The van der Waals surface area contributed by atoms with Gasteiger partial charge in [-0.2, -0.15) is 0 Å². The van der Waals surface area contributed by atoms with Gasteiger partial charge in [-0.1, -0.05) is 23.2 Å². The average Bonchev–Trinajstić information content (AvgIpc) is 3.01. The molecule has 1 unspecified atom stereocenters. The molecular weight excluding hydrogens is 289 g/mol. The zero-order valence-electron chi connectivity index (χ0n) is 8.30. The number of nitrogens with one attached hydrogen (secondary N) is 1. The van der Waals surface area contributed by atoms with Crippen LogP contribution in [0.4, 0.5) is 0 Å². The van der Waals surface area contributed by atoms with Crippen molar-refractivity contribution in [2.24, 2.45) is 5.92 Å². The van der Waals surface area contributed by atoms with Crippen molar-refractivity contribution in [1.29, 1.82) is 0 Å². The van der Waals surface area contributed by atoms with Gasteiger partial charge in [0.05, 0.1) is 15.3 Å². The van der Waals surface area contributed by atoms with Crippen LogP contribution in [0.25, 0.3) is 0 Å². The molecule has 0 aliphatic heterocycles. The normalized spacial score (nSPS) is 17.2. The number of halogens is 3. The second-order valence-corrected chi connectivity index (χ2v) is 6.65. The van der Waals surface area contributed by atoms with E-state index in [0.717, 1.165) is 12.8 Å². The third-order valence-electron chi connectivity index (χ3n) is 2.49. The molecule has 6 heteroatoms. The zero-order valence-corrected chi connectivity index (χ0v) is 11.4. The molecule has 1 N–H and O–H groups in total. The molecule has 1 fully saturated rings. The van der Waals surface area contributed by atoms with Crippen LogP contribution in [0.5, 0.6) is 0 Å². The lowest BCUT2D eigenvalue weighted by Gasteiger charge is -2.08. The van der Waals surface area contributed by atoms with Gasteiger partial charge >= 0.3 is 0 Å². The Hall–Kier alpha value is 0.0400. The van der Waals surface area contributed by atoms with E-state index in [1.54, 1.807) is 6.07 Å². The van der Waals surface area contributed by atoms with Crippen molar-refractivity contribution in [3.05, 3.63) is 20.3 Å². The average molecular weight is 299 g/mol. The number of rotatable bonds is 4. The molecule has 0 spiro atoms. The summed E-state index contributed by atoms with van der Waals surface area (Å²) in [5.41, 5.74) is 0.427. The molecule has 0 aromatic carbocycles. The van der Waals surface area contributed by atoms with E-state index >= 15 is 0 Å². The Morgan fingerprint density at radius 2 is 2.25 bits per heavy atom. The van der Waals surface area contributed by atoms with Gasteiger partial charge in [0.15, 0.2) is 0 Å². The topological polar surface area (TPSA) is 29.1 Å². The van der Waals surface area contributed by atoms with Crippen molar-refractivity contribution in [3.8, 4) is 0 Å². The van der Waals surface area contributed by atoms with Gasteiger partial charge in [-0.3, -0.25) is 4.79 Å². The predicted molar refractivity (Wildman–Crippen MR) is 69.0 cm³/mol. The van der Waals surface area contributed by atoms with Gasteiger partial charge in [-0.05, 0) is 24.8 Å². The van der Waals surface area contributed by atoms with Gasteiger partial charge in [0.25, 0.3) is 5.91 Å². The van der Waals surface area contributed by atoms with Gasteiger partial charge < -0.3 is 5.32 Å². The summed E-state index contributed by atoms with van der Waals surface area (Å²) in [4.78, 5) is 11.7. The van der Waals surface area contributed by atoms with Crippen LogP contribution in [0.1, 0.15) is 23.2 Å². The highest BCUT2D eigenvalue weighted by molar-refractivity contribution is 7.20. The fourth-order valence-corrected chi connectivity index (χ4v) is 3.19. The van der Waals surface area contributed by atoms with Crippen molar-refractivity contribution in [3.63, 3.8) is 0 Å². The summed E-state index contributed by atoms with van der Waals surface area (Å²) in [7, 11) is 0. The Morgan fingerprint density at radius 3 is 2.75 bits per heavy atom. The molecule has 1 amide bonds. The maximum Gasteiger partial charge on any atom is 0.253 e. The van der Waals surface area contributed by atoms with Crippen LogP contribution in [0.15, 0.2) is 6.07 Å². The predicted octanol–water partition coefficient (Wildman–Crippen LogP) is 3.80. The number of carbonyl (C=O) groups excluding carboxylic acids is 1. The molecule has 16 heavy (non-hydrogen) atoms. The Balaban J connectivity index is 1.89. The lowest BCUT2D eigenvalue weighted by Crippen LogP contribution is -2.30. The number of hydrogen-bond donors (Lipinski definition) is 1. The number of alkyl halides is 1. The van der Waals surface area contributed by atoms with Crippen LogP contribution in [-0.4, -0.2) is 17.8 Å². The minimum absolute atomic E-state index is 0.0248. The molecule has 1 atom stereocenters. The van der Waals surface area contributed by atoms with Gasteiger partial charge in [0, 0.05) is 6.54 Å². The molecule has 1 aliphatic carbocycles. The standard InChI is InChI=1S/C10H10Cl3NOS/c11-7(5-1-2-5)4-14-10(15)6-3-8(12)16-9(6)13/h3,5,7H,1-2,4H2,(H,14,15). The Morgan fingerprint density at radius 1 is 1.56 bits per heavy atom. The molecule has 2 rings (SSSR count). The van der Waals surface area contributed by atoms with E-state index in [4.69, 9.17) is 34.8 Å². The second-order valence-electron chi connectivity index (χ2n) is 3.80. The van der Waals surface area contributed by atoms with Crippen LogP contribution < -0.4 is 5.32 Å². The number of amides is 1. The summed E-state index contributed by atoms with van der Waals surface area (Å²) in [5, 5.41) is 2.79. The van der Waals surface area contributed by atoms with Gasteiger partial charge in [-0.25, -0.2) is 0 Å². The maximum absolute atomic E-state index is 11.7. The molecule has 88 valence electrons. The molecule has 2 nitrogen and oxygen atoms in total. The van der Waals surface area contributed by atoms with Gasteiger partial charge in [0.1, 0.15) is 4.34 Å². The van der Waals surface area contributed by atoms with E-state index in [-0.39, 0.29) is 11.3 Å². The van der Waals surface area contributed by atoms with Gasteiger partial charge in [0.2, 0.25) is 0 Å². The summed E-state index contributed by atoms with van der Waals surface area (Å²) in [6.07, 6.45) is 2.32. The van der Waals surface area contributed by atoms with Crippen molar-refractivity contribution in [1.82, 2.24) is 5.32 Å². The lowest BCUT2D eigenvalue weighted by atomic mass is 10.2. The van der Waals surface area contributed by atoms with E-state index in [1.165, 1.54) is 11.3 Å². The van der Waals surface area contributed by atoms with Crippen molar-refractivity contribution >= 4 is 52.0 Å². The monoisotopic (exact) mass is 297 g/mol. The lowest BCUT2D eigenvalue weighted by molar-refractivity contribution is 0.0953. The first kappa shape index (κ1) is 12.5. The highest BCUT2D eigenvalue weighted by Crippen LogP contribution is 2.35. The van der Waals surface area contributed by atoms with Crippen LogP contribution in [-0.2, 0) is 0 Å². The van der Waals surface area contributed by atoms with E-state index in [2.05, 4.69) is 5.32 Å². The molecule has 0 saturated heterocycles. The van der Waals surface area contributed by atoms with Crippen LogP contribution in [0, 0.1) is 5.92 Å². The second kappa shape index (κ2) is 5.13. The summed E-state index contributed by atoms with van der Waals surface area (Å²) < 4.78 is 0.930. The number of thiophene rings is 1. The third-order valence-corrected chi connectivity index (χ3v) is 4.49. The smallest absolute Gasteiger partial charge is 0.253 e. The molecular formula is C10H10Cl3NOS. The Labute approximate surface area is 113 Å². The van der Waals surface area contributed by atoms with Gasteiger partial charge in [-0.15, -0.1) is 22.9 Å². The highest BCUT2D eigenvalue weighted by Gasteiger charge is 2.30. The van der Waals surface area contributed by atoms with Crippen LogP contribution in [0.2, 0.25) is 8.67 Å². The first-order chi connectivity index (χ1) is 7.58. The molecule has 1 aromatic rings. The van der Waals surface area contributed by atoms with E-state index in [1.807, 2.05) is 0 Å². The minimum atomic E-state index is -0.209. The summed E-state index contributed by atoms with van der Waals surface area (Å²) in [6, 6.07) is 1.57. The third kappa shape index (κ3) is 3.04. The first-order valence-corrected chi connectivity index (χ1v) is 6.96. The van der Waals surface area contributed by atoms with Crippen molar-refractivity contribution in [2.45, 2.75) is 18.2 Å². The highest BCUT2D eigenvalue weighted by atomic mass is 35.5. The Kier molecular flexibility index (Phi) is 4.01. The van der Waals surface area contributed by atoms with Crippen molar-refractivity contribution < 1.29 is 4.79 Å². The first-order valence-electron chi connectivity index (χ1n) is 4.95. The molecule has 1 aromatic heterocycles. The van der Waals surface area contributed by atoms with E-state index < -0.39 is 0 Å². The quantitative estimate of drug-likeness (QED) is 0.842. The summed E-state index contributed by atoms with van der Waals surface area (Å²) in [6.45, 7) is 0.481. The summed E-state index contributed by atoms with van der Waals surface area (Å²) in [5.74, 6) is 0.350. The summed E-state index contributed by atoms with van der Waals surface area (Å²) >= 11 is 18.9. The molecule has 1 saturated carbocycles. The molecule has 0 bridgehead atoms. The molecule has 0 radical (unpaired) electrons. The van der Waals surface area contributed by atoms with E-state index in [0.29, 0.717) is 26.7 Å². The number of carbonyl (C=O) groups is 1. The molecule has 1 aliphatic rings. The SMILES string of the molecule is O=C(NCC(Cl)C1CC1)c1cc(Cl)sc1Cl. The minimum Gasteiger partial charge on any atom is -0.350 e. The fourth-order valence-electron chi connectivity index (χ4n) is 1.41. The molecule has 1 heterocycles.